The predicted molar refractivity (Wildman–Crippen MR) is 154 cm³/mol. The third-order valence-electron chi connectivity index (χ3n) is 6.45. The van der Waals surface area contributed by atoms with Crippen LogP contribution in [0.4, 0.5) is 0 Å². The number of carboxylic acid groups (broad SMARTS) is 1. The molecular formula is C34H34O7. The lowest BCUT2D eigenvalue weighted by molar-refractivity contribution is -0.199. The van der Waals surface area contributed by atoms with Crippen LogP contribution in [-0.2, 0) is 55.0 Å². The summed E-state index contributed by atoms with van der Waals surface area (Å²) in [5, 5.41) is 10.3. The molecule has 0 aliphatic rings. The molecule has 4 atom stereocenters. The number of carboxylic acids is 1. The standard InChI is InChI=1S/C34H34O7/c35-21-30(38-22-26-13-5-1-6-14-26)31(39-23-27-15-7-2-8-16-27)32(40-24-28-17-9-3-10-18-28)33(34(36)37)41-25-29-19-11-4-12-20-29/h1-21,30-33H,22-25H2,(H,36,37)/t30-,31+,32-,33-/m0/s1. The highest BCUT2D eigenvalue weighted by molar-refractivity contribution is 5.73. The molecule has 4 rings (SSSR count). The van der Waals surface area contributed by atoms with Crippen molar-refractivity contribution in [2.45, 2.75) is 50.8 Å². The van der Waals surface area contributed by atoms with Crippen molar-refractivity contribution in [3.05, 3.63) is 144 Å². The molecule has 1 N–H and O–H groups in total. The van der Waals surface area contributed by atoms with Crippen LogP contribution in [0.5, 0.6) is 0 Å². The summed E-state index contributed by atoms with van der Waals surface area (Å²) in [5.41, 5.74) is 3.34. The molecule has 0 spiro atoms. The second-order valence-electron chi connectivity index (χ2n) is 9.48. The minimum atomic E-state index is -1.46. The van der Waals surface area contributed by atoms with Gasteiger partial charge in [0.05, 0.1) is 26.4 Å². The van der Waals surface area contributed by atoms with Gasteiger partial charge in [-0.2, -0.15) is 0 Å². The van der Waals surface area contributed by atoms with Gasteiger partial charge in [0.1, 0.15) is 18.3 Å². The number of ether oxygens (including phenoxy) is 4. The molecule has 4 aromatic rings. The van der Waals surface area contributed by atoms with Gasteiger partial charge >= 0.3 is 5.97 Å². The maximum atomic E-state index is 12.7. The van der Waals surface area contributed by atoms with E-state index in [1.807, 2.05) is 121 Å². The molecule has 0 aliphatic heterocycles. The zero-order valence-electron chi connectivity index (χ0n) is 22.7. The summed E-state index contributed by atoms with van der Waals surface area (Å²) in [6.45, 7) is 0.356. The molecule has 0 bridgehead atoms. The quantitative estimate of drug-likeness (QED) is 0.170. The molecule has 0 heterocycles. The first-order valence-electron chi connectivity index (χ1n) is 13.4. The predicted octanol–water partition coefficient (Wildman–Crippen LogP) is 5.61. The average Bonchev–Trinajstić information content (AvgIpc) is 3.02. The molecule has 7 nitrogen and oxygen atoms in total. The maximum absolute atomic E-state index is 12.7. The van der Waals surface area contributed by atoms with E-state index < -0.39 is 30.4 Å². The zero-order valence-corrected chi connectivity index (χ0v) is 22.7. The van der Waals surface area contributed by atoms with Crippen molar-refractivity contribution < 1.29 is 33.6 Å². The Morgan fingerprint density at radius 1 is 0.537 bits per heavy atom. The van der Waals surface area contributed by atoms with E-state index in [0.717, 1.165) is 22.3 Å². The van der Waals surface area contributed by atoms with Crippen LogP contribution in [-0.4, -0.2) is 41.8 Å². The van der Waals surface area contributed by atoms with Crippen molar-refractivity contribution in [2.75, 3.05) is 0 Å². The van der Waals surface area contributed by atoms with Gasteiger partial charge < -0.3 is 28.8 Å². The molecule has 7 heteroatoms. The van der Waals surface area contributed by atoms with Crippen molar-refractivity contribution in [1.82, 2.24) is 0 Å². The molecule has 41 heavy (non-hydrogen) atoms. The summed E-state index contributed by atoms with van der Waals surface area (Å²) >= 11 is 0. The molecule has 0 unspecified atom stereocenters. The Bertz CT molecular complexity index is 1300. The summed E-state index contributed by atoms with van der Waals surface area (Å²) < 4.78 is 24.5. The number of hydrogen-bond donors (Lipinski definition) is 1. The van der Waals surface area contributed by atoms with Gasteiger partial charge in [-0.1, -0.05) is 121 Å². The average molecular weight is 555 g/mol. The van der Waals surface area contributed by atoms with Crippen LogP contribution in [0.3, 0.4) is 0 Å². The second-order valence-corrected chi connectivity index (χ2v) is 9.48. The first kappa shape index (κ1) is 29.8. The van der Waals surface area contributed by atoms with Crippen LogP contribution in [0, 0.1) is 0 Å². The third-order valence-corrected chi connectivity index (χ3v) is 6.45. The number of rotatable bonds is 17. The molecule has 0 saturated heterocycles. The Morgan fingerprint density at radius 3 is 1.24 bits per heavy atom. The normalized spacial score (nSPS) is 14.0. The smallest absolute Gasteiger partial charge is 0.335 e. The molecule has 0 aliphatic carbocycles. The van der Waals surface area contributed by atoms with E-state index in [1.165, 1.54) is 0 Å². The molecule has 0 saturated carbocycles. The lowest BCUT2D eigenvalue weighted by Crippen LogP contribution is -2.52. The van der Waals surface area contributed by atoms with Gasteiger partial charge in [-0.3, -0.25) is 0 Å². The van der Waals surface area contributed by atoms with Crippen LogP contribution in [0.2, 0.25) is 0 Å². The van der Waals surface area contributed by atoms with Crippen molar-refractivity contribution >= 4 is 12.3 Å². The Labute approximate surface area is 240 Å². The van der Waals surface area contributed by atoms with Gasteiger partial charge in [0.15, 0.2) is 12.4 Å². The van der Waals surface area contributed by atoms with Crippen LogP contribution in [0.25, 0.3) is 0 Å². The summed E-state index contributed by atoms with van der Waals surface area (Å²) in [7, 11) is 0. The number of hydrogen-bond acceptors (Lipinski definition) is 6. The first-order chi connectivity index (χ1) is 20.1. The minimum absolute atomic E-state index is 0.0328. The Hall–Kier alpha value is -4.14. The van der Waals surface area contributed by atoms with E-state index in [4.69, 9.17) is 18.9 Å². The Balaban J connectivity index is 1.64. The van der Waals surface area contributed by atoms with Crippen LogP contribution >= 0.6 is 0 Å². The molecule has 0 amide bonds. The highest BCUT2D eigenvalue weighted by Crippen LogP contribution is 2.23. The number of benzene rings is 4. The van der Waals surface area contributed by atoms with E-state index in [2.05, 4.69) is 0 Å². The number of aldehydes is 1. The largest absolute Gasteiger partial charge is 0.479 e. The van der Waals surface area contributed by atoms with Gasteiger partial charge in [0, 0.05) is 0 Å². The van der Waals surface area contributed by atoms with Crippen LogP contribution < -0.4 is 0 Å². The van der Waals surface area contributed by atoms with Crippen LogP contribution in [0.15, 0.2) is 121 Å². The fraction of sp³-hybridized carbons (Fsp3) is 0.235. The van der Waals surface area contributed by atoms with E-state index >= 15 is 0 Å². The Kier molecular flexibility index (Phi) is 11.8. The number of aliphatic carboxylic acids is 1. The van der Waals surface area contributed by atoms with E-state index in [0.29, 0.717) is 6.29 Å². The molecular weight excluding hydrogens is 520 g/mol. The summed E-state index contributed by atoms with van der Waals surface area (Å²) in [5.74, 6) is -1.24. The Morgan fingerprint density at radius 2 is 0.878 bits per heavy atom. The summed E-state index contributed by atoms with van der Waals surface area (Å²) in [6, 6.07) is 37.5. The first-order valence-corrected chi connectivity index (χ1v) is 13.4. The van der Waals surface area contributed by atoms with Gasteiger partial charge in [-0.05, 0) is 22.3 Å². The lowest BCUT2D eigenvalue weighted by atomic mass is 10.0. The molecule has 4 aromatic carbocycles. The van der Waals surface area contributed by atoms with E-state index in [1.54, 1.807) is 0 Å². The third kappa shape index (κ3) is 9.48. The van der Waals surface area contributed by atoms with Gasteiger partial charge in [-0.25, -0.2) is 4.79 Å². The number of carbonyl (C=O) groups excluding carboxylic acids is 1. The molecule has 212 valence electrons. The second kappa shape index (κ2) is 16.2. The summed E-state index contributed by atoms with van der Waals surface area (Å²) in [4.78, 5) is 25.1. The highest BCUT2D eigenvalue weighted by atomic mass is 16.6. The maximum Gasteiger partial charge on any atom is 0.335 e. The van der Waals surface area contributed by atoms with Crippen molar-refractivity contribution in [1.29, 1.82) is 0 Å². The molecule has 0 radical (unpaired) electrons. The van der Waals surface area contributed by atoms with Gasteiger partial charge in [-0.15, -0.1) is 0 Å². The van der Waals surface area contributed by atoms with Gasteiger partial charge in [0.2, 0.25) is 0 Å². The zero-order chi connectivity index (χ0) is 28.7. The fourth-order valence-corrected chi connectivity index (χ4v) is 4.31. The van der Waals surface area contributed by atoms with Gasteiger partial charge in [0.25, 0.3) is 0 Å². The van der Waals surface area contributed by atoms with E-state index in [-0.39, 0.29) is 26.4 Å². The topological polar surface area (TPSA) is 91.3 Å². The lowest BCUT2D eigenvalue weighted by Gasteiger charge is -2.34. The van der Waals surface area contributed by atoms with E-state index in [9.17, 15) is 14.7 Å². The monoisotopic (exact) mass is 554 g/mol. The fourth-order valence-electron chi connectivity index (χ4n) is 4.31. The highest BCUT2D eigenvalue weighted by Gasteiger charge is 2.42. The molecule has 0 fully saturated rings. The number of carbonyl (C=O) groups is 2. The SMILES string of the molecule is O=C[C@H](OCc1ccccc1)[C@@H](OCc1ccccc1)[C@H](OCc1ccccc1)[C@H](OCc1ccccc1)C(=O)O. The van der Waals surface area contributed by atoms with Crippen molar-refractivity contribution in [3.8, 4) is 0 Å². The molecule has 0 aromatic heterocycles. The summed E-state index contributed by atoms with van der Waals surface area (Å²) in [6.07, 6.45) is -4.25. The van der Waals surface area contributed by atoms with Crippen LogP contribution in [0.1, 0.15) is 22.3 Å². The van der Waals surface area contributed by atoms with Crippen molar-refractivity contribution in [2.24, 2.45) is 0 Å². The minimum Gasteiger partial charge on any atom is -0.479 e. The van der Waals surface area contributed by atoms with Crippen molar-refractivity contribution in [3.63, 3.8) is 0 Å².